The standard InChI is InChI=1S/C26H35NO6/c1-18(7-4-5-8-20-9-6-14-27-17-20)25-19(2)10-11-21(15-23(29)30)26(3,32)13-12-22(28)16-24(31)33-25/h4-7,9-11,14,17,19,21-22,25,28,32H,8,12-13,15-16H2,1-3H3,(H,29,30)/b5-4+,11-10+,18-7+/t19-,21+,22+,25+,26+/m0/s1. The van der Waals surface area contributed by atoms with Crippen LogP contribution in [-0.4, -0.2) is 50.1 Å². The molecule has 0 bridgehead atoms. The van der Waals surface area contributed by atoms with Crippen molar-refractivity contribution >= 4 is 11.9 Å². The third kappa shape index (κ3) is 8.94. The fourth-order valence-corrected chi connectivity index (χ4v) is 3.87. The van der Waals surface area contributed by atoms with Gasteiger partial charge in [-0.3, -0.25) is 14.6 Å². The van der Waals surface area contributed by atoms with Crippen LogP contribution in [0, 0.1) is 11.8 Å². The Kier molecular flexibility index (Phi) is 10.0. The number of ether oxygens (including phenoxy) is 1. The van der Waals surface area contributed by atoms with Crippen LogP contribution in [0.25, 0.3) is 0 Å². The van der Waals surface area contributed by atoms with Crippen molar-refractivity contribution in [1.29, 1.82) is 0 Å². The van der Waals surface area contributed by atoms with Gasteiger partial charge in [-0.05, 0) is 50.3 Å². The minimum atomic E-state index is -1.33. The lowest BCUT2D eigenvalue weighted by Gasteiger charge is -2.32. The Morgan fingerprint density at radius 2 is 2.12 bits per heavy atom. The van der Waals surface area contributed by atoms with Crippen LogP contribution in [0.2, 0.25) is 0 Å². The number of aromatic nitrogens is 1. The molecule has 1 aliphatic heterocycles. The number of allylic oxidation sites excluding steroid dienone is 3. The van der Waals surface area contributed by atoms with Crippen molar-refractivity contribution in [2.24, 2.45) is 11.8 Å². The number of cyclic esters (lactones) is 1. The number of aliphatic hydroxyl groups is 2. The highest BCUT2D eigenvalue weighted by molar-refractivity contribution is 5.70. The molecule has 0 saturated heterocycles. The summed E-state index contributed by atoms with van der Waals surface area (Å²) in [5.41, 5.74) is 0.573. The van der Waals surface area contributed by atoms with E-state index < -0.39 is 35.7 Å². The van der Waals surface area contributed by atoms with Gasteiger partial charge in [-0.25, -0.2) is 0 Å². The first kappa shape index (κ1) is 26.5. The zero-order valence-corrected chi connectivity index (χ0v) is 19.6. The number of aliphatic carboxylic acids is 1. The summed E-state index contributed by atoms with van der Waals surface area (Å²) < 4.78 is 5.71. The molecule has 0 spiro atoms. The van der Waals surface area contributed by atoms with E-state index in [1.807, 2.05) is 44.2 Å². The molecule has 3 N–H and O–H groups in total. The van der Waals surface area contributed by atoms with Gasteiger partial charge in [-0.15, -0.1) is 0 Å². The molecule has 0 fully saturated rings. The third-order valence-corrected chi connectivity index (χ3v) is 5.98. The molecule has 5 atom stereocenters. The fourth-order valence-electron chi connectivity index (χ4n) is 3.87. The molecule has 1 aromatic rings. The average molecular weight is 458 g/mol. The molecule has 0 amide bonds. The van der Waals surface area contributed by atoms with Gasteiger partial charge in [-0.1, -0.05) is 43.4 Å². The number of hydrogen-bond donors (Lipinski definition) is 3. The average Bonchev–Trinajstić information content (AvgIpc) is 2.76. The third-order valence-electron chi connectivity index (χ3n) is 5.98. The number of carbonyl (C=O) groups excluding carboxylic acids is 1. The van der Waals surface area contributed by atoms with Gasteiger partial charge in [0.2, 0.25) is 0 Å². The zero-order chi connectivity index (χ0) is 24.4. The van der Waals surface area contributed by atoms with Crippen LogP contribution in [0.3, 0.4) is 0 Å². The van der Waals surface area contributed by atoms with E-state index in [1.165, 1.54) is 0 Å². The topological polar surface area (TPSA) is 117 Å². The maximum absolute atomic E-state index is 12.5. The van der Waals surface area contributed by atoms with Crippen molar-refractivity contribution in [2.75, 3.05) is 0 Å². The molecule has 0 saturated carbocycles. The van der Waals surface area contributed by atoms with Crippen molar-refractivity contribution in [2.45, 2.75) is 70.7 Å². The zero-order valence-electron chi connectivity index (χ0n) is 19.6. The Bertz CT molecular complexity index is 874. The summed E-state index contributed by atoms with van der Waals surface area (Å²) in [5, 5.41) is 30.4. The van der Waals surface area contributed by atoms with E-state index in [1.54, 1.807) is 31.5 Å². The Hall–Kier alpha value is -2.77. The number of rotatable bonds is 6. The first-order chi connectivity index (χ1) is 15.6. The second kappa shape index (κ2) is 12.5. The molecule has 7 nitrogen and oxygen atoms in total. The summed E-state index contributed by atoms with van der Waals surface area (Å²) in [7, 11) is 0. The molecule has 7 heteroatoms. The maximum Gasteiger partial charge on any atom is 0.309 e. The van der Waals surface area contributed by atoms with E-state index in [0.29, 0.717) is 0 Å². The summed E-state index contributed by atoms with van der Waals surface area (Å²) in [4.78, 5) is 27.9. The Labute approximate surface area is 195 Å². The molecule has 1 aromatic heterocycles. The highest BCUT2D eigenvalue weighted by atomic mass is 16.5. The molecule has 0 unspecified atom stereocenters. The van der Waals surface area contributed by atoms with Crippen molar-refractivity contribution < 1.29 is 29.6 Å². The number of carbonyl (C=O) groups is 2. The molecule has 1 aliphatic rings. The lowest BCUT2D eigenvalue weighted by atomic mass is 9.80. The van der Waals surface area contributed by atoms with Crippen molar-refractivity contribution in [1.82, 2.24) is 4.98 Å². The number of pyridine rings is 1. The minimum Gasteiger partial charge on any atom is -0.481 e. The van der Waals surface area contributed by atoms with Gasteiger partial charge in [0.1, 0.15) is 6.10 Å². The van der Waals surface area contributed by atoms with Crippen molar-refractivity contribution in [3.8, 4) is 0 Å². The Morgan fingerprint density at radius 1 is 1.36 bits per heavy atom. The molecule has 0 aromatic carbocycles. The van der Waals surface area contributed by atoms with Crippen molar-refractivity contribution in [3.05, 3.63) is 66.0 Å². The van der Waals surface area contributed by atoms with E-state index in [4.69, 9.17) is 4.74 Å². The smallest absolute Gasteiger partial charge is 0.309 e. The van der Waals surface area contributed by atoms with Gasteiger partial charge in [0.25, 0.3) is 0 Å². The normalized spacial score (nSPS) is 30.8. The number of nitrogens with zero attached hydrogens (tertiary/aromatic N) is 1. The minimum absolute atomic E-state index is 0.165. The van der Waals surface area contributed by atoms with Crippen LogP contribution in [-0.2, 0) is 20.7 Å². The molecular formula is C26H35NO6. The van der Waals surface area contributed by atoms with Crippen LogP contribution in [0.1, 0.15) is 52.0 Å². The van der Waals surface area contributed by atoms with Gasteiger partial charge in [0.05, 0.1) is 24.5 Å². The van der Waals surface area contributed by atoms with Gasteiger partial charge in [0.15, 0.2) is 0 Å². The maximum atomic E-state index is 12.5. The summed E-state index contributed by atoms with van der Waals surface area (Å²) in [6.45, 7) is 5.31. The summed E-state index contributed by atoms with van der Waals surface area (Å²) in [5.74, 6) is -2.42. The predicted molar refractivity (Wildman–Crippen MR) is 125 cm³/mol. The quantitative estimate of drug-likeness (QED) is 0.339. The summed E-state index contributed by atoms with van der Waals surface area (Å²) in [6.07, 6.45) is 11.9. The van der Waals surface area contributed by atoms with E-state index >= 15 is 0 Å². The summed E-state index contributed by atoms with van der Waals surface area (Å²) >= 11 is 0. The lowest BCUT2D eigenvalue weighted by Crippen LogP contribution is -2.37. The highest BCUT2D eigenvalue weighted by Gasteiger charge is 2.34. The van der Waals surface area contributed by atoms with Crippen LogP contribution in [0.15, 0.2) is 60.5 Å². The van der Waals surface area contributed by atoms with Crippen LogP contribution in [0.5, 0.6) is 0 Å². The van der Waals surface area contributed by atoms with Crippen LogP contribution >= 0.6 is 0 Å². The predicted octanol–water partition coefficient (Wildman–Crippen LogP) is 3.62. The number of hydrogen-bond acceptors (Lipinski definition) is 6. The first-order valence-electron chi connectivity index (χ1n) is 11.3. The van der Waals surface area contributed by atoms with E-state index in [-0.39, 0.29) is 31.6 Å². The first-order valence-corrected chi connectivity index (χ1v) is 11.3. The largest absolute Gasteiger partial charge is 0.481 e. The highest BCUT2D eigenvalue weighted by Crippen LogP contribution is 2.30. The molecule has 2 rings (SSSR count). The molecule has 0 radical (unpaired) electrons. The molecule has 0 aliphatic carbocycles. The van der Waals surface area contributed by atoms with Crippen LogP contribution < -0.4 is 0 Å². The van der Waals surface area contributed by atoms with E-state index in [9.17, 15) is 24.9 Å². The molecule has 2 heterocycles. The van der Waals surface area contributed by atoms with Crippen LogP contribution in [0.4, 0.5) is 0 Å². The van der Waals surface area contributed by atoms with Gasteiger partial charge < -0.3 is 20.1 Å². The molecular weight excluding hydrogens is 422 g/mol. The van der Waals surface area contributed by atoms with Gasteiger partial charge >= 0.3 is 11.9 Å². The number of carboxylic acid groups (broad SMARTS) is 1. The van der Waals surface area contributed by atoms with E-state index in [0.717, 1.165) is 17.6 Å². The number of esters is 1. The second-order valence-corrected chi connectivity index (χ2v) is 9.02. The number of carboxylic acids is 1. The summed E-state index contributed by atoms with van der Waals surface area (Å²) in [6, 6.07) is 3.87. The van der Waals surface area contributed by atoms with E-state index in [2.05, 4.69) is 4.98 Å². The number of aliphatic hydroxyl groups excluding tert-OH is 1. The lowest BCUT2D eigenvalue weighted by molar-refractivity contribution is -0.151. The SMILES string of the molecule is C/C(=C\C=C\Cc1cccnc1)[C@H]1OC(=O)C[C@H](O)CC[C@@](C)(O)[C@@H](CC(=O)O)/C=C/[C@@H]1C. The Morgan fingerprint density at radius 3 is 2.79 bits per heavy atom. The van der Waals surface area contributed by atoms with Crippen molar-refractivity contribution in [3.63, 3.8) is 0 Å². The molecule has 33 heavy (non-hydrogen) atoms. The Balaban J connectivity index is 2.25. The van der Waals surface area contributed by atoms with Gasteiger partial charge in [0, 0.05) is 24.2 Å². The molecule has 180 valence electrons. The monoisotopic (exact) mass is 457 g/mol. The second-order valence-electron chi connectivity index (χ2n) is 9.02. The van der Waals surface area contributed by atoms with Gasteiger partial charge in [-0.2, -0.15) is 0 Å². The fraction of sp³-hybridized carbons (Fsp3) is 0.500.